The van der Waals surface area contributed by atoms with Crippen LogP contribution in [0.25, 0.3) is 16.3 Å². The largest absolute Gasteiger partial charge is 0.355 e. The lowest BCUT2D eigenvalue weighted by atomic mass is 9.70. The molecular weight excluding hydrogens is 815 g/mol. The molecule has 312 valence electrons. The van der Waals surface area contributed by atoms with E-state index in [1.54, 1.807) is 23.1 Å². The lowest BCUT2D eigenvalue weighted by molar-refractivity contribution is -0.665. The fourth-order valence-electron chi connectivity index (χ4n) is 7.31. The van der Waals surface area contributed by atoms with Gasteiger partial charge in [-0.3, -0.25) is 23.7 Å². The van der Waals surface area contributed by atoms with Gasteiger partial charge >= 0.3 is 5.97 Å². The van der Waals surface area contributed by atoms with E-state index >= 15 is 0 Å². The Morgan fingerprint density at radius 2 is 1.63 bits per heavy atom. The van der Waals surface area contributed by atoms with E-state index in [9.17, 15) is 36.9 Å². The van der Waals surface area contributed by atoms with E-state index in [1.807, 2.05) is 54.6 Å². The number of unbranched alkanes of at least 4 members (excludes halogenated alkanes) is 2. The van der Waals surface area contributed by atoms with Crippen LogP contribution in [-0.2, 0) is 45.5 Å². The maximum Gasteiger partial charge on any atom is 0.333 e. The minimum atomic E-state index is -4.39. The summed E-state index contributed by atoms with van der Waals surface area (Å²) in [5.74, 6) is -3.75. The minimum Gasteiger partial charge on any atom is -0.355 e. The van der Waals surface area contributed by atoms with Gasteiger partial charge in [-0.05, 0) is 75.0 Å². The number of fused-ring (bicyclic) bond motifs is 2. The first kappa shape index (κ1) is 43.5. The normalized spacial score (nSPS) is 19.5. The Morgan fingerprint density at radius 1 is 0.915 bits per heavy atom. The number of allylic oxidation sites excluding steroid dienone is 6. The summed E-state index contributed by atoms with van der Waals surface area (Å²) in [6, 6.07) is 16.2. The molecular formula is C42H48N5O9S3+. The second kappa shape index (κ2) is 19.3. The molecule has 3 aliphatic rings. The highest BCUT2D eigenvalue weighted by Crippen LogP contribution is 2.46. The van der Waals surface area contributed by atoms with Gasteiger partial charge in [0.2, 0.25) is 17.3 Å². The number of hydrogen-bond acceptors (Lipinski definition) is 11. The zero-order valence-electron chi connectivity index (χ0n) is 33.0. The molecule has 0 saturated carbocycles. The summed E-state index contributed by atoms with van der Waals surface area (Å²) in [7, 11) is -4.39. The first-order valence-corrected chi connectivity index (χ1v) is 22.9. The molecule has 1 fully saturated rings. The summed E-state index contributed by atoms with van der Waals surface area (Å²) in [6.45, 7) is 5.39. The van der Waals surface area contributed by atoms with Crippen molar-refractivity contribution in [3.05, 3.63) is 94.0 Å². The maximum absolute atomic E-state index is 14.4. The van der Waals surface area contributed by atoms with Crippen LogP contribution in [-0.4, -0.2) is 73.0 Å². The number of benzene rings is 2. The van der Waals surface area contributed by atoms with Crippen molar-refractivity contribution in [3.63, 3.8) is 0 Å². The Kier molecular flexibility index (Phi) is 14.2. The number of hydrogen-bond donors (Lipinski definition) is 3. The van der Waals surface area contributed by atoms with Gasteiger partial charge < -0.3 is 20.4 Å². The number of amides is 4. The molecule has 1 saturated heterocycles. The topological polar surface area (TPSA) is 183 Å². The highest BCUT2D eigenvalue weighted by Gasteiger charge is 2.48. The van der Waals surface area contributed by atoms with Crippen LogP contribution in [0.1, 0.15) is 70.2 Å². The Bertz CT molecular complexity index is 2350. The van der Waals surface area contributed by atoms with Crippen molar-refractivity contribution in [1.82, 2.24) is 15.7 Å². The Balaban J connectivity index is 1.25. The lowest BCUT2D eigenvalue weighted by Crippen LogP contribution is -2.53. The second-order valence-corrected chi connectivity index (χ2v) is 18.1. The monoisotopic (exact) mass is 862 g/mol. The van der Waals surface area contributed by atoms with Crippen molar-refractivity contribution in [3.8, 4) is 0 Å². The first-order chi connectivity index (χ1) is 28.3. The van der Waals surface area contributed by atoms with Crippen LogP contribution in [0.4, 0.5) is 5.69 Å². The van der Waals surface area contributed by atoms with Crippen molar-refractivity contribution in [2.24, 2.45) is 5.41 Å². The van der Waals surface area contributed by atoms with Crippen LogP contribution in [0, 0.1) is 5.41 Å². The number of carbonyl (C=O) groups is 5. The third-order valence-electron chi connectivity index (χ3n) is 10.2. The van der Waals surface area contributed by atoms with Gasteiger partial charge in [0.1, 0.15) is 16.7 Å². The van der Waals surface area contributed by atoms with Crippen LogP contribution in [0.3, 0.4) is 0 Å². The van der Waals surface area contributed by atoms with Crippen molar-refractivity contribution in [1.29, 1.82) is 0 Å². The molecule has 3 N–H and O–H groups in total. The summed E-state index contributed by atoms with van der Waals surface area (Å²) >= 11 is 3.26. The average molecular weight is 863 g/mol. The number of nitrogens with one attached hydrogen (secondary N) is 2. The number of thiazole rings is 1. The van der Waals surface area contributed by atoms with E-state index in [4.69, 9.17) is 4.84 Å². The van der Waals surface area contributed by atoms with E-state index in [0.29, 0.717) is 35.5 Å². The van der Waals surface area contributed by atoms with Crippen molar-refractivity contribution >= 4 is 84.8 Å². The summed E-state index contributed by atoms with van der Waals surface area (Å²) in [6.07, 6.45) is 11.1. The van der Waals surface area contributed by atoms with Crippen LogP contribution < -0.4 is 20.1 Å². The molecule has 1 aromatic heterocycles. The fraction of sp³-hybridized carbons (Fsp3) is 0.381. The summed E-state index contributed by atoms with van der Waals surface area (Å²) in [5.41, 5.74) is 1.93. The molecule has 4 amide bonds. The first-order valence-electron chi connectivity index (χ1n) is 19.7. The van der Waals surface area contributed by atoms with E-state index in [0.717, 1.165) is 43.9 Å². The van der Waals surface area contributed by atoms with Crippen LogP contribution in [0.2, 0.25) is 0 Å². The summed E-state index contributed by atoms with van der Waals surface area (Å²) in [5, 5.41) is 8.03. The number of aryl methyl sites for hydroxylation is 1. The molecule has 17 heteroatoms. The number of thioether (sulfide) groups is 1. The molecule has 3 aromatic rings. The number of rotatable bonds is 17. The Morgan fingerprint density at radius 3 is 2.36 bits per heavy atom. The molecule has 1 aliphatic carbocycles. The molecule has 1 atom stereocenters. The molecule has 6 rings (SSSR count). The van der Waals surface area contributed by atoms with E-state index in [-0.39, 0.29) is 38.6 Å². The molecule has 0 radical (unpaired) electrons. The van der Waals surface area contributed by atoms with E-state index in [2.05, 4.69) is 58.2 Å². The van der Waals surface area contributed by atoms with Gasteiger partial charge in [0.05, 0.1) is 16.5 Å². The minimum absolute atomic E-state index is 0.00454. The smallest absolute Gasteiger partial charge is 0.333 e. The van der Waals surface area contributed by atoms with Gasteiger partial charge in [-0.15, -0.1) is 5.06 Å². The van der Waals surface area contributed by atoms with Crippen LogP contribution in [0.15, 0.2) is 93.9 Å². The molecule has 2 aromatic carbocycles. The number of anilines is 1. The molecule has 3 heterocycles. The van der Waals surface area contributed by atoms with Crippen LogP contribution in [0.5, 0.6) is 0 Å². The average Bonchev–Trinajstić information content (AvgIpc) is 3.87. The standard InChI is InChI=1S/C42H47N5O9S3/c1-3-45-31-12-7-9-14-33(31)57-37(45)21-17-29-26-30(18-22-38-46(4-2)32-13-8-10-15-34(32)58-38)28-42(27-29,41(52)44-24-25-59(53,54)55)40(51)43-23-11-5-6-16-39(50)56-47-35(48)19-20-36(47)49/h7-10,12-15,17-18,21-22,26H,3-6,11,16,19-20,23-25,27-28H2,1-2H3,(H2-,43,44,51,52,53,54,55)/p+1. The summed E-state index contributed by atoms with van der Waals surface area (Å²) in [4.78, 5) is 72.8. The highest BCUT2D eigenvalue weighted by atomic mass is 32.2. The summed E-state index contributed by atoms with van der Waals surface area (Å²) < 4.78 is 35.9. The zero-order valence-corrected chi connectivity index (χ0v) is 35.4. The highest BCUT2D eigenvalue weighted by molar-refractivity contribution is 8.03. The lowest BCUT2D eigenvalue weighted by Gasteiger charge is -2.35. The van der Waals surface area contributed by atoms with Gasteiger partial charge in [-0.2, -0.15) is 13.0 Å². The van der Waals surface area contributed by atoms with Gasteiger partial charge in [0.15, 0.2) is 0 Å². The molecule has 14 nitrogen and oxygen atoms in total. The van der Waals surface area contributed by atoms with E-state index < -0.39 is 57.4 Å². The number of imide groups is 1. The third kappa shape index (κ3) is 10.6. The number of carbonyl (C=O) groups excluding carboxylic acids is 5. The Labute approximate surface area is 351 Å². The predicted molar refractivity (Wildman–Crippen MR) is 226 cm³/mol. The number of hydroxylamine groups is 2. The van der Waals surface area contributed by atoms with Gasteiger partial charge in [0, 0.05) is 55.9 Å². The van der Waals surface area contributed by atoms with Crippen molar-refractivity contribution in [2.75, 3.05) is 30.3 Å². The van der Waals surface area contributed by atoms with Gasteiger partial charge in [-0.25, -0.2) is 4.79 Å². The number of nitrogens with zero attached hydrogens (tertiary/aromatic N) is 3. The maximum atomic E-state index is 14.4. The molecule has 59 heavy (non-hydrogen) atoms. The SMILES string of the molecule is CCN1/C(=C/C=C2C=C(/C=C/c3sc4ccccc4[n+]3CC)CC(C(=O)NCCCCCC(=O)ON3C(=O)CCC3=O)(C(=O)NCCS(=O)(=O)O)C/2)Sc2ccccc21. The van der Waals surface area contributed by atoms with Gasteiger partial charge in [-0.1, -0.05) is 72.0 Å². The van der Waals surface area contributed by atoms with Crippen molar-refractivity contribution in [2.45, 2.75) is 76.7 Å². The predicted octanol–water partition coefficient (Wildman–Crippen LogP) is 5.62. The quantitative estimate of drug-likeness (QED) is 0.0504. The Hall–Kier alpha value is -5.10. The molecule has 2 aliphatic heterocycles. The van der Waals surface area contributed by atoms with Gasteiger partial charge in [0.25, 0.3) is 26.9 Å². The third-order valence-corrected chi connectivity index (χ3v) is 13.2. The molecule has 0 bridgehead atoms. The van der Waals surface area contributed by atoms with E-state index in [1.165, 1.54) is 0 Å². The van der Waals surface area contributed by atoms with Crippen LogP contribution >= 0.6 is 23.1 Å². The van der Waals surface area contributed by atoms with Crippen molar-refractivity contribution < 1.29 is 46.3 Å². The number of aromatic nitrogens is 1. The number of para-hydroxylation sites is 2. The molecule has 1 unspecified atom stereocenters. The fourth-order valence-corrected chi connectivity index (χ4v) is 9.93. The zero-order chi connectivity index (χ0) is 42.2. The second-order valence-electron chi connectivity index (χ2n) is 14.4. The molecule has 0 spiro atoms.